The van der Waals surface area contributed by atoms with Crippen LogP contribution in [0.15, 0.2) is 43.0 Å². The molecule has 2 aromatic rings. The second-order valence-corrected chi connectivity index (χ2v) is 7.41. The van der Waals surface area contributed by atoms with Gasteiger partial charge < -0.3 is 9.64 Å². The smallest absolute Gasteiger partial charge is 0.255 e. The number of ether oxygens (including phenoxy) is 1. The van der Waals surface area contributed by atoms with Gasteiger partial charge in [0.25, 0.3) is 5.91 Å². The molecule has 118 valence electrons. The van der Waals surface area contributed by atoms with Gasteiger partial charge in [-0.15, -0.1) is 11.8 Å². The standard InChI is InChI=1S/C16H16N4O2S/c21-15(12-3-5-18-19-7-12)20-10-16(11-20)6-14(9-23-16)22-13-2-1-4-17-8-13/h1-5,7-8,14H,6,9-11H2/t14-/m1/s1. The summed E-state index contributed by atoms with van der Waals surface area (Å²) in [7, 11) is 0. The van der Waals surface area contributed by atoms with E-state index in [-0.39, 0.29) is 16.8 Å². The monoisotopic (exact) mass is 328 g/mol. The summed E-state index contributed by atoms with van der Waals surface area (Å²) in [5.41, 5.74) is 0.598. The quantitative estimate of drug-likeness (QED) is 0.853. The number of hydrogen-bond acceptors (Lipinski definition) is 6. The third-order valence-electron chi connectivity index (χ3n) is 4.19. The number of carbonyl (C=O) groups is 1. The molecule has 2 aliphatic heterocycles. The fourth-order valence-electron chi connectivity index (χ4n) is 3.10. The lowest BCUT2D eigenvalue weighted by atomic mass is 9.92. The maximum absolute atomic E-state index is 12.3. The Morgan fingerprint density at radius 2 is 2.17 bits per heavy atom. The van der Waals surface area contributed by atoms with Gasteiger partial charge in [0.15, 0.2) is 0 Å². The van der Waals surface area contributed by atoms with Crippen molar-refractivity contribution in [3.05, 3.63) is 48.5 Å². The number of nitrogens with zero attached hydrogens (tertiary/aromatic N) is 4. The van der Waals surface area contributed by atoms with Crippen LogP contribution in [0, 0.1) is 0 Å². The molecule has 0 bridgehead atoms. The summed E-state index contributed by atoms with van der Waals surface area (Å²) in [6.45, 7) is 1.54. The van der Waals surface area contributed by atoms with Gasteiger partial charge in [0, 0.05) is 31.5 Å². The first-order chi connectivity index (χ1) is 11.2. The number of rotatable bonds is 3. The van der Waals surface area contributed by atoms with Crippen molar-refractivity contribution in [1.82, 2.24) is 20.1 Å². The van der Waals surface area contributed by atoms with Crippen LogP contribution in [-0.2, 0) is 0 Å². The zero-order valence-corrected chi connectivity index (χ0v) is 13.3. The van der Waals surface area contributed by atoms with Crippen LogP contribution in [-0.4, -0.2) is 55.7 Å². The van der Waals surface area contributed by atoms with Crippen molar-refractivity contribution in [2.45, 2.75) is 17.3 Å². The highest BCUT2D eigenvalue weighted by Gasteiger charge is 2.51. The third kappa shape index (κ3) is 2.88. The second-order valence-electron chi connectivity index (χ2n) is 5.92. The van der Waals surface area contributed by atoms with E-state index in [4.69, 9.17) is 4.74 Å². The van der Waals surface area contributed by atoms with Gasteiger partial charge >= 0.3 is 0 Å². The van der Waals surface area contributed by atoms with Crippen LogP contribution < -0.4 is 4.74 Å². The minimum atomic E-state index is 0.0303. The second kappa shape index (κ2) is 5.81. The van der Waals surface area contributed by atoms with Crippen molar-refractivity contribution in [3.8, 4) is 5.75 Å². The van der Waals surface area contributed by atoms with Crippen LogP contribution in [0.4, 0.5) is 0 Å². The molecule has 0 aliphatic carbocycles. The molecular formula is C16H16N4O2S. The summed E-state index contributed by atoms with van der Waals surface area (Å²) in [5.74, 6) is 1.79. The number of thioether (sulfide) groups is 1. The Morgan fingerprint density at radius 1 is 1.26 bits per heavy atom. The van der Waals surface area contributed by atoms with Crippen molar-refractivity contribution >= 4 is 17.7 Å². The van der Waals surface area contributed by atoms with Gasteiger partial charge in [-0.3, -0.25) is 9.78 Å². The molecule has 0 N–H and O–H groups in total. The van der Waals surface area contributed by atoms with Crippen LogP contribution in [0.5, 0.6) is 5.75 Å². The summed E-state index contributed by atoms with van der Waals surface area (Å²) in [4.78, 5) is 18.3. The van der Waals surface area contributed by atoms with Crippen LogP contribution >= 0.6 is 11.8 Å². The lowest BCUT2D eigenvalue weighted by Crippen LogP contribution is -2.60. The van der Waals surface area contributed by atoms with E-state index in [1.165, 1.54) is 6.20 Å². The number of carbonyl (C=O) groups excluding carboxylic acids is 1. The summed E-state index contributed by atoms with van der Waals surface area (Å²) in [6, 6.07) is 5.51. The maximum Gasteiger partial charge on any atom is 0.255 e. The van der Waals surface area contributed by atoms with E-state index in [0.717, 1.165) is 31.0 Å². The first-order valence-electron chi connectivity index (χ1n) is 7.51. The molecule has 2 aliphatic rings. The molecule has 2 fully saturated rings. The van der Waals surface area contributed by atoms with Crippen LogP contribution in [0.1, 0.15) is 16.8 Å². The molecule has 4 rings (SSSR count). The molecule has 0 aromatic carbocycles. The van der Waals surface area contributed by atoms with Gasteiger partial charge in [-0.1, -0.05) is 0 Å². The Hall–Kier alpha value is -2.15. The molecule has 6 nitrogen and oxygen atoms in total. The third-order valence-corrected chi connectivity index (χ3v) is 5.76. The lowest BCUT2D eigenvalue weighted by molar-refractivity contribution is 0.0517. The zero-order valence-electron chi connectivity index (χ0n) is 12.5. The summed E-state index contributed by atoms with van der Waals surface area (Å²) in [6.07, 6.45) is 7.69. The van der Waals surface area contributed by atoms with Crippen LogP contribution in [0.3, 0.4) is 0 Å². The van der Waals surface area contributed by atoms with Crippen molar-refractivity contribution in [3.63, 3.8) is 0 Å². The van der Waals surface area contributed by atoms with E-state index in [9.17, 15) is 4.79 Å². The summed E-state index contributed by atoms with van der Waals surface area (Å²) >= 11 is 1.91. The average Bonchev–Trinajstić information content (AvgIpc) is 2.99. The number of amides is 1. The van der Waals surface area contributed by atoms with Gasteiger partial charge in [-0.2, -0.15) is 10.2 Å². The van der Waals surface area contributed by atoms with E-state index in [2.05, 4.69) is 15.2 Å². The van der Waals surface area contributed by atoms with Crippen LogP contribution in [0.25, 0.3) is 0 Å². The van der Waals surface area contributed by atoms with Gasteiger partial charge in [0.1, 0.15) is 11.9 Å². The van der Waals surface area contributed by atoms with Crippen molar-refractivity contribution in [2.75, 3.05) is 18.8 Å². The Morgan fingerprint density at radius 3 is 2.91 bits per heavy atom. The molecular weight excluding hydrogens is 312 g/mol. The van der Waals surface area contributed by atoms with E-state index in [1.807, 2.05) is 28.8 Å². The molecule has 23 heavy (non-hydrogen) atoms. The van der Waals surface area contributed by atoms with Gasteiger partial charge in [-0.25, -0.2) is 0 Å². The Balaban J connectivity index is 1.34. The Kier molecular flexibility index (Phi) is 3.65. The summed E-state index contributed by atoms with van der Waals surface area (Å²) in [5, 5.41) is 7.47. The number of hydrogen-bond donors (Lipinski definition) is 0. The predicted octanol–water partition coefficient (Wildman–Crippen LogP) is 1.65. The van der Waals surface area contributed by atoms with E-state index < -0.39 is 0 Å². The molecule has 4 heterocycles. The number of aromatic nitrogens is 3. The molecule has 7 heteroatoms. The molecule has 2 saturated heterocycles. The molecule has 1 atom stereocenters. The zero-order chi connectivity index (χ0) is 15.7. The molecule has 1 amide bonds. The first-order valence-corrected chi connectivity index (χ1v) is 8.49. The van der Waals surface area contributed by atoms with Crippen LogP contribution in [0.2, 0.25) is 0 Å². The highest BCUT2D eigenvalue weighted by Crippen LogP contribution is 2.46. The minimum Gasteiger partial charge on any atom is -0.488 e. The highest BCUT2D eigenvalue weighted by atomic mass is 32.2. The summed E-state index contributed by atoms with van der Waals surface area (Å²) < 4.78 is 6.12. The largest absolute Gasteiger partial charge is 0.488 e. The number of pyridine rings is 1. The van der Waals surface area contributed by atoms with Crippen molar-refractivity contribution in [1.29, 1.82) is 0 Å². The Labute approximate surface area is 138 Å². The van der Waals surface area contributed by atoms with Gasteiger partial charge in [0.2, 0.25) is 0 Å². The van der Waals surface area contributed by atoms with Crippen molar-refractivity contribution in [2.24, 2.45) is 0 Å². The molecule has 2 aromatic heterocycles. The topological polar surface area (TPSA) is 68.2 Å². The van der Waals surface area contributed by atoms with Gasteiger partial charge in [0.05, 0.1) is 28.9 Å². The van der Waals surface area contributed by atoms with E-state index in [0.29, 0.717) is 5.56 Å². The molecule has 0 unspecified atom stereocenters. The fourth-order valence-corrected chi connectivity index (χ4v) is 4.62. The Bertz CT molecular complexity index is 692. The fraction of sp³-hybridized carbons (Fsp3) is 0.375. The molecule has 0 saturated carbocycles. The average molecular weight is 328 g/mol. The van der Waals surface area contributed by atoms with E-state index in [1.54, 1.807) is 24.7 Å². The number of likely N-dealkylation sites (tertiary alicyclic amines) is 1. The lowest BCUT2D eigenvalue weighted by Gasteiger charge is -2.47. The van der Waals surface area contributed by atoms with Gasteiger partial charge in [-0.05, 0) is 18.2 Å². The maximum atomic E-state index is 12.3. The highest BCUT2D eigenvalue weighted by molar-refractivity contribution is 8.01. The predicted molar refractivity (Wildman–Crippen MR) is 86.4 cm³/mol. The first kappa shape index (κ1) is 14.4. The van der Waals surface area contributed by atoms with E-state index >= 15 is 0 Å². The minimum absolute atomic E-state index is 0.0303. The SMILES string of the molecule is O=C(c1ccnnc1)N1CC2(C[C@@H](Oc3cccnc3)CS2)C1. The molecule has 1 spiro atoms. The van der Waals surface area contributed by atoms with Crippen molar-refractivity contribution < 1.29 is 9.53 Å². The normalized spacial score (nSPS) is 21.9. The molecule has 0 radical (unpaired) electrons.